The molecular weight excluding hydrogens is 353 g/mol. The number of ether oxygens (including phenoxy) is 1. The minimum absolute atomic E-state index is 0.00219. The van der Waals surface area contributed by atoms with Crippen molar-refractivity contribution in [1.29, 1.82) is 0 Å². The molecule has 1 aliphatic heterocycles. The fraction of sp³-hybridized carbons (Fsp3) is 0.263. The second-order valence-electron chi connectivity index (χ2n) is 6.35. The first kappa shape index (κ1) is 16.9. The molecule has 26 heavy (non-hydrogen) atoms. The van der Waals surface area contributed by atoms with Crippen LogP contribution in [0, 0.1) is 12.7 Å². The molecule has 0 unspecified atom stereocenters. The fourth-order valence-corrected chi connectivity index (χ4v) is 3.64. The van der Waals surface area contributed by atoms with E-state index in [4.69, 9.17) is 4.74 Å². The number of likely N-dealkylation sites (tertiary alicyclic amines) is 1. The Morgan fingerprint density at radius 1 is 1.31 bits per heavy atom. The number of rotatable bonds is 5. The number of nitrogens with one attached hydrogen (secondary N) is 1. The van der Waals surface area contributed by atoms with Crippen LogP contribution < -0.4 is 0 Å². The molecule has 2 aromatic heterocycles. The Morgan fingerprint density at radius 2 is 2.08 bits per heavy atom. The van der Waals surface area contributed by atoms with Crippen molar-refractivity contribution < 1.29 is 13.9 Å². The van der Waals surface area contributed by atoms with E-state index in [1.54, 1.807) is 34.4 Å². The van der Waals surface area contributed by atoms with Crippen LogP contribution in [-0.2, 0) is 11.3 Å². The molecule has 1 fully saturated rings. The van der Waals surface area contributed by atoms with E-state index in [0.717, 1.165) is 16.1 Å². The Kier molecular flexibility index (Phi) is 4.57. The van der Waals surface area contributed by atoms with Crippen LogP contribution in [0.3, 0.4) is 0 Å². The van der Waals surface area contributed by atoms with Crippen molar-refractivity contribution >= 4 is 17.2 Å². The van der Waals surface area contributed by atoms with Crippen LogP contribution in [-0.4, -0.2) is 40.2 Å². The van der Waals surface area contributed by atoms with Gasteiger partial charge in [-0.25, -0.2) is 4.39 Å². The van der Waals surface area contributed by atoms with Crippen molar-refractivity contribution in [3.8, 4) is 10.6 Å². The maximum absolute atomic E-state index is 12.9. The van der Waals surface area contributed by atoms with E-state index < -0.39 is 0 Å². The first-order valence-electron chi connectivity index (χ1n) is 8.36. The number of thiophene rings is 1. The predicted molar refractivity (Wildman–Crippen MR) is 97.5 cm³/mol. The van der Waals surface area contributed by atoms with Gasteiger partial charge in [-0.05, 0) is 42.8 Å². The SMILES string of the molecule is Cc1ccc(-c2cc(C(=O)N3CC(OCc4ccc(F)cc4)C3)n[nH]2)s1. The van der Waals surface area contributed by atoms with Gasteiger partial charge in [-0.15, -0.1) is 11.3 Å². The summed E-state index contributed by atoms with van der Waals surface area (Å²) in [6, 6.07) is 12.1. The highest BCUT2D eigenvalue weighted by molar-refractivity contribution is 7.15. The normalized spacial score (nSPS) is 14.5. The van der Waals surface area contributed by atoms with Gasteiger partial charge in [0.15, 0.2) is 5.69 Å². The van der Waals surface area contributed by atoms with E-state index in [-0.39, 0.29) is 17.8 Å². The Morgan fingerprint density at radius 3 is 2.77 bits per heavy atom. The quantitative estimate of drug-likeness (QED) is 0.745. The number of nitrogens with zero attached hydrogens (tertiary/aromatic N) is 2. The van der Waals surface area contributed by atoms with Gasteiger partial charge in [0.05, 0.1) is 23.3 Å². The van der Waals surface area contributed by atoms with Crippen LogP contribution in [0.1, 0.15) is 20.9 Å². The molecule has 0 aliphatic carbocycles. The second kappa shape index (κ2) is 7.01. The minimum Gasteiger partial charge on any atom is -0.370 e. The highest BCUT2D eigenvalue weighted by Gasteiger charge is 2.33. The summed E-state index contributed by atoms with van der Waals surface area (Å²) < 4.78 is 18.6. The second-order valence-corrected chi connectivity index (χ2v) is 7.63. The van der Waals surface area contributed by atoms with Gasteiger partial charge < -0.3 is 9.64 Å². The number of aryl methyl sites for hydroxylation is 1. The molecule has 1 aliphatic rings. The molecule has 1 aromatic carbocycles. The Balaban J connectivity index is 1.29. The highest BCUT2D eigenvalue weighted by atomic mass is 32.1. The third kappa shape index (κ3) is 3.54. The highest BCUT2D eigenvalue weighted by Crippen LogP contribution is 2.27. The van der Waals surface area contributed by atoms with Gasteiger partial charge in [0.25, 0.3) is 5.91 Å². The van der Waals surface area contributed by atoms with E-state index in [9.17, 15) is 9.18 Å². The molecule has 134 valence electrons. The lowest BCUT2D eigenvalue weighted by Crippen LogP contribution is -2.54. The Hall–Kier alpha value is -2.51. The van der Waals surface area contributed by atoms with Crippen LogP contribution in [0.2, 0.25) is 0 Å². The first-order chi connectivity index (χ1) is 12.6. The molecule has 1 amide bonds. The molecule has 1 N–H and O–H groups in total. The Labute approximate surface area is 154 Å². The first-order valence-corrected chi connectivity index (χ1v) is 9.17. The molecule has 0 atom stereocenters. The number of carbonyl (C=O) groups is 1. The average Bonchev–Trinajstić information content (AvgIpc) is 3.23. The summed E-state index contributed by atoms with van der Waals surface area (Å²) in [5.74, 6) is -0.354. The van der Waals surface area contributed by atoms with Crippen LogP contribution in [0.15, 0.2) is 42.5 Å². The topological polar surface area (TPSA) is 58.2 Å². The number of hydrogen-bond donors (Lipinski definition) is 1. The summed E-state index contributed by atoms with van der Waals surface area (Å²) in [5, 5.41) is 7.08. The zero-order valence-corrected chi connectivity index (χ0v) is 15.1. The van der Waals surface area contributed by atoms with Gasteiger partial charge in [-0.1, -0.05) is 12.1 Å². The maximum Gasteiger partial charge on any atom is 0.274 e. The molecule has 7 heteroatoms. The lowest BCUT2D eigenvalue weighted by Gasteiger charge is -2.38. The number of amides is 1. The van der Waals surface area contributed by atoms with Gasteiger partial charge >= 0.3 is 0 Å². The Bertz CT molecular complexity index is 913. The molecule has 0 saturated carbocycles. The zero-order chi connectivity index (χ0) is 18.1. The maximum atomic E-state index is 12.9. The summed E-state index contributed by atoms with van der Waals surface area (Å²) in [7, 11) is 0. The number of aromatic amines is 1. The summed E-state index contributed by atoms with van der Waals surface area (Å²) in [5.41, 5.74) is 2.19. The van der Waals surface area contributed by atoms with E-state index in [1.165, 1.54) is 17.0 Å². The molecule has 0 spiro atoms. The van der Waals surface area contributed by atoms with E-state index >= 15 is 0 Å². The summed E-state index contributed by atoms with van der Waals surface area (Å²) >= 11 is 1.66. The van der Waals surface area contributed by atoms with Crippen molar-refractivity contribution in [1.82, 2.24) is 15.1 Å². The number of halogens is 1. The molecular formula is C19H18FN3O2S. The van der Waals surface area contributed by atoms with E-state index in [0.29, 0.717) is 25.4 Å². The van der Waals surface area contributed by atoms with Crippen LogP contribution in [0.5, 0.6) is 0 Å². The number of aromatic nitrogens is 2. The fourth-order valence-electron chi connectivity index (χ4n) is 2.80. The minimum atomic E-state index is -0.259. The summed E-state index contributed by atoms with van der Waals surface area (Å²) in [4.78, 5) is 16.5. The van der Waals surface area contributed by atoms with Crippen LogP contribution in [0.25, 0.3) is 10.6 Å². The monoisotopic (exact) mass is 371 g/mol. The van der Waals surface area contributed by atoms with E-state index in [2.05, 4.69) is 10.2 Å². The molecule has 1 saturated heterocycles. The van der Waals surface area contributed by atoms with Crippen molar-refractivity contribution in [2.45, 2.75) is 19.6 Å². The number of carbonyl (C=O) groups excluding carboxylic acids is 1. The largest absolute Gasteiger partial charge is 0.370 e. The summed E-state index contributed by atoms with van der Waals surface area (Å²) in [6.45, 7) is 3.54. The van der Waals surface area contributed by atoms with Gasteiger partial charge in [-0.3, -0.25) is 9.89 Å². The van der Waals surface area contributed by atoms with Gasteiger partial charge in [-0.2, -0.15) is 5.10 Å². The predicted octanol–water partition coefficient (Wildman–Crippen LogP) is 3.63. The number of benzene rings is 1. The molecule has 0 radical (unpaired) electrons. The smallest absolute Gasteiger partial charge is 0.274 e. The molecule has 3 aromatic rings. The number of H-pyrrole nitrogens is 1. The zero-order valence-electron chi connectivity index (χ0n) is 14.2. The van der Waals surface area contributed by atoms with Gasteiger partial charge in [0.1, 0.15) is 5.82 Å². The molecule has 3 heterocycles. The average molecular weight is 371 g/mol. The third-order valence-electron chi connectivity index (χ3n) is 4.34. The van der Waals surface area contributed by atoms with Crippen molar-refractivity contribution in [3.05, 3.63) is 64.4 Å². The van der Waals surface area contributed by atoms with Crippen LogP contribution in [0.4, 0.5) is 4.39 Å². The van der Waals surface area contributed by atoms with Crippen LogP contribution >= 0.6 is 11.3 Å². The third-order valence-corrected chi connectivity index (χ3v) is 5.37. The van der Waals surface area contributed by atoms with Gasteiger partial charge in [0.2, 0.25) is 0 Å². The molecule has 0 bridgehead atoms. The van der Waals surface area contributed by atoms with Crippen molar-refractivity contribution in [2.75, 3.05) is 13.1 Å². The standard InChI is InChI=1S/C19H18FN3O2S/c1-12-2-7-18(26-12)16-8-17(22-21-16)19(24)23-9-15(10-23)25-11-13-3-5-14(20)6-4-13/h2-8,15H,9-11H2,1H3,(H,21,22). The molecule has 4 rings (SSSR count). The lowest BCUT2D eigenvalue weighted by atomic mass is 10.1. The lowest BCUT2D eigenvalue weighted by molar-refractivity contribution is -0.0505. The van der Waals surface area contributed by atoms with E-state index in [1.807, 2.05) is 19.1 Å². The summed E-state index contributed by atoms with van der Waals surface area (Å²) in [6.07, 6.45) is 0.00219. The van der Waals surface area contributed by atoms with Crippen molar-refractivity contribution in [3.63, 3.8) is 0 Å². The van der Waals surface area contributed by atoms with Crippen molar-refractivity contribution in [2.24, 2.45) is 0 Å². The number of hydrogen-bond acceptors (Lipinski definition) is 4. The molecule has 5 nitrogen and oxygen atoms in total. The van der Waals surface area contributed by atoms with Gasteiger partial charge in [0, 0.05) is 18.0 Å².